The minimum atomic E-state index is -0.513. The van der Waals surface area contributed by atoms with E-state index in [1.807, 2.05) is 6.07 Å². The number of hydrogen-bond donors (Lipinski definition) is 2. The zero-order valence-corrected chi connectivity index (χ0v) is 17.1. The number of aryl methyl sites for hydroxylation is 2. The molecule has 10 heteroatoms. The fourth-order valence-corrected chi connectivity index (χ4v) is 4.35. The number of benzene rings is 1. The average Bonchev–Trinajstić information content (AvgIpc) is 3.39. The summed E-state index contributed by atoms with van der Waals surface area (Å²) in [6.07, 6.45) is 4.02. The first kappa shape index (κ1) is 19.0. The Balaban J connectivity index is 1.46. The van der Waals surface area contributed by atoms with Crippen molar-refractivity contribution in [1.82, 2.24) is 23.7 Å². The second-order valence-electron chi connectivity index (χ2n) is 7.82. The molecule has 2 N–H and O–H groups in total. The highest BCUT2D eigenvalue weighted by molar-refractivity contribution is 5.94. The smallest absolute Gasteiger partial charge is 0.324 e. The molecule has 1 aliphatic carbocycles. The maximum absolute atomic E-state index is 12.7. The molecule has 3 heterocycles. The molecule has 0 bridgehead atoms. The van der Waals surface area contributed by atoms with Crippen LogP contribution in [0.1, 0.15) is 17.5 Å². The van der Waals surface area contributed by atoms with Gasteiger partial charge in [0.1, 0.15) is 6.54 Å². The quantitative estimate of drug-likeness (QED) is 0.497. The summed E-state index contributed by atoms with van der Waals surface area (Å²) in [5, 5.41) is 3.79. The monoisotopic (exact) mass is 420 g/mol. The lowest BCUT2D eigenvalue weighted by molar-refractivity contribution is -0.116. The number of nitrogens with one attached hydrogen (secondary N) is 2. The molecule has 0 atom stereocenters. The van der Waals surface area contributed by atoms with Crippen LogP contribution >= 0.6 is 0 Å². The molecule has 0 spiro atoms. The van der Waals surface area contributed by atoms with Crippen LogP contribution in [-0.2, 0) is 38.3 Å². The van der Waals surface area contributed by atoms with Crippen LogP contribution in [0, 0.1) is 0 Å². The van der Waals surface area contributed by atoms with E-state index in [9.17, 15) is 19.2 Å². The summed E-state index contributed by atoms with van der Waals surface area (Å²) in [6.45, 7) is -0.150. The summed E-state index contributed by atoms with van der Waals surface area (Å²) in [7, 11) is 2.91. The van der Waals surface area contributed by atoms with E-state index in [2.05, 4.69) is 15.3 Å². The van der Waals surface area contributed by atoms with Crippen LogP contribution in [0.3, 0.4) is 0 Å². The second-order valence-corrected chi connectivity index (χ2v) is 7.82. The number of carbonyl (C=O) groups excluding carboxylic acids is 1. The van der Waals surface area contributed by atoms with Crippen LogP contribution in [-0.4, -0.2) is 29.6 Å². The highest BCUT2D eigenvalue weighted by Crippen LogP contribution is 2.27. The Morgan fingerprint density at radius 3 is 2.71 bits per heavy atom. The van der Waals surface area contributed by atoms with Crippen molar-refractivity contribution < 1.29 is 4.79 Å². The lowest BCUT2D eigenvalue weighted by Gasteiger charge is -2.10. The topological polar surface area (TPSA) is 124 Å². The number of rotatable bonds is 3. The first-order valence-corrected chi connectivity index (χ1v) is 9.93. The van der Waals surface area contributed by atoms with Gasteiger partial charge in [-0.25, -0.2) is 9.78 Å². The highest BCUT2D eigenvalue weighted by Gasteiger charge is 2.19. The van der Waals surface area contributed by atoms with Gasteiger partial charge in [-0.1, -0.05) is 6.07 Å². The van der Waals surface area contributed by atoms with Crippen molar-refractivity contribution in [3.05, 3.63) is 66.8 Å². The third-order valence-electron chi connectivity index (χ3n) is 5.90. The van der Waals surface area contributed by atoms with Crippen LogP contribution in [0.25, 0.3) is 22.1 Å². The van der Waals surface area contributed by atoms with E-state index >= 15 is 0 Å². The van der Waals surface area contributed by atoms with Crippen LogP contribution in [0.2, 0.25) is 0 Å². The van der Waals surface area contributed by atoms with Gasteiger partial charge in [0.25, 0.3) is 11.1 Å². The Hall–Kier alpha value is -3.95. The molecule has 1 amide bonds. The summed E-state index contributed by atoms with van der Waals surface area (Å²) >= 11 is 0. The fraction of sp³-hybridized carbons (Fsp3) is 0.286. The van der Waals surface area contributed by atoms with Gasteiger partial charge < -0.3 is 14.9 Å². The Morgan fingerprint density at radius 2 is 1.90 bits per heavy atom. The lowest BCUT2D eigenvalue weighted by Crippen LogP contribution is -2.37. The molecule has 0 radical (unpaired) electrons. The van der Waals surface area contributed by atoms with E-state index < -0.39 is 11.2 Å². The van der Waals surface area contributed by atoms with Crippen LogP contribution < -0.4 is 22.1 Å². The summed E-state index contributed by atoms with van der Waals surface area (Å²) in [6, 6.07) is 5.44. The van der Waals surface area contributed by atoms with Crippen molar-refractivity contribution in [1.29, 1.82) is 0 Å². The summed E-state index contributed by atoms with van der Waals surface area (Å²) in [5.74, 6) is -0.363. The molecular formula is C21H20N6O4. The van der Waals surface area contributed by atoms with Crippen molar-refractivity contribution in [3.8, 4) is 0 Å². The van der Waals surface area contributed by atoms with Gasteiger partial charge in [-0.3, -0.25) is 23.5 Å². The number of aromatic amines is 1. The Labute approximate surface area is 174 Å². The molecule has 0 saturated carbocycles. The summed E-state index contributed by atoms with van der Waals surface area (Å²) in [4.78, 5) is 56.5. The predicted molar refractivity (Wildman–Crippen MR) is 115 cm³/mol. The molecular weight excluding hydrogens is 400 g/mol. The number of anilines is 1. The standard InChI is InChI=1S/C21H20N6O4/c1-25-18-17(20(30)26(2)21(25)31)27(10-22-18)9-16(28)23-11-6-7-13-12-4-3-5-14(12)19(29)24-15(13)8-11/h6-8,10H,3-5,9H2,1-2H3,(H,23,28)(H,24,29). The number of nitrogens with zero attached hydrogens (tertiary/aromatic N) is 4. The fourth-order valence-electron chi connectivity index (χ4n) is 4.35. The first-order valence-electron chi connectivity index (χ1n) is 9.93. The maximum atomic E-state index is 12.7. The van der Waals surface area contributed by atoms with Gasteiger partial charge in [-0.15, -0.1) is 0 Å². The van der Waals surface area contributed by atoms with Gasteiger partial charge in [0.2, 0.25) is 5.91 Å². The molecule has 10 nitrogen and oxygen atoms in total. The molecule has 31 heavy (non-hydrogen) atoms. The average molecular weight is 420 g/mol. The molecule has 1 aromatic carbocycles. The zero-order valence-electron chi connectivity index (χ0n) is 17.1. The number of aromatic nitrogens is 5. The molecule has 1 aliphatic rings. The van der Waals surface area contributed by atoms with Crippen LogP contribution in [0.15, 0.2) is 38.9 Å². The zero-order chi connectivity index (χ0) is 21.9. The Kier molecular flexibility index (Phi) is 4.17. The summed E-state index contributed by atoms with van der Waals surface area (Å²) < 4.78 is 3.67. The molecule has 0 saturated heterocycles. The van der Waals surface area contributed by atoms with E-state index in [4.69, 9.17) is 0 Å². The van der Waals surface area contributed by atoms with E-state index in [1.165, 1.54) is 29.6 Å². The van der Waals surface area contributed by atoms with Gasteiger partial charge >= 0.3 is 5.69 Å². The Bertz CT molecular complexity index is 1570. The predicted octanol–water partition coefficient (Wildman–Crippen LogP) is 0.403. The van der Waals surface area contributed by atoms with Crippen molar-refractivity contribution in [3.63, 3.8) is 0 Å². The minimum absolute atomic E-state index is 0.0742. The van der Waals surface area contributed by atoms with E-state index in [-0.39, 0.29) is 29.2 Å². The van der Waals surface area contributed by atoms with Crippen LogP contribution in [0.4, 0.5) is 5.69 Å². The first-order chi connectivity index (χ1) is 14.8. The van der Waals surface area contributed by atoms with Crippen molar-refractivity contribution in [2.75, 3.05) is 5.32 Å². The lowest BCUT2D eigenvalue weighted by atomic mass is 10.1. The normalized spacial score (nSPS) is 13.1. The van der Waals surface area contributed by atoms with E-state index in [1.54, 1.807) is 12.1 Å². The largest absolute Gasteiger partial charge is 0.332 e. The third-order valence-corrected chi connectivity index (χ3v) is 5.90. The Morgan fingerprint density at radius 1 is 1.13 bits per heavy atom. The van der Waals surface area contributed by atoms with Gasteiger partial charge in [0.15, 0.2) is 11.2 Å². The van der Waals surface area contributed by atoms with Crippen molar-refractivity contribution >= 4 is 33.7 Å². The number of carbonyl (C=O) groups is 1. The number of imidazole rings is 1. The van der Waals surface area contributed by atoms with Crippen LogP contribution in [0.5, 0.6) is 0 Å². The van der Waals surface area contributed by atoms with Gasteiger partial charge in [0.05, 0.1) is 11.8 Å². The number of hydrogen-bond acceptors (Lipinski definition) is 5. The molecule has 0 aliphatic heterocycles. The SMILES string of the molecule is Cn1c(=O)c2c(ncn2CC(=O)Nc2ccc3c4c(c(=O)[nH]c3c2)CCC4)n(C)c1=O. The van der Waals surface area contributed by atoms with Crippen molar-refractivity contribution in [2.24, 2.45) is 14.1 Å². The van der Waals surface area contributed by atoms with E-state index in [0.717, 1.165) is 40.3 Å². The molecule has 3 aromatic heterocycles. The van der Waals surface area contributed by atoms with Gasteiger partial charge in [0, 0.05) is 30.7 Å². The molecule has 158 valence electrons. The maximum Gasteiger partial charge on any atom is 0.332 e. The number of pyridine rings is 1. The number of fused-ring (bicyclic) bond motifs is 4. The second kappa shape index (κ2) is 6.79. The summed E-state index contributed by atoms with van der Waals surface area (Å²) in [5.41, 5.74) is 2.49. The van der Waals surface area contributed by atoms with Gasteiger partial charge in [-0.05, 0) is 37.0 Å². The molecule has 4 aromatic rings. The van der Waals surface area contributed by atoms with Gasteiger partial charge in [-0.2, -0.15) is 0 Å². The molecule has 0 unspecified atom stereocenters. The third kappa shape index (κ3) is 2.90. The highest BCUT2D eigenvalue weighted by atomic mass is 16.2. The molecule has 5 rings (SSSR count). The number of H-pyrrole nitrogens is 1. The van der Waals surface area contributed by atoms with Crippen molar-refractivity contribution in [2.45, 2.75) is 25.8 Å². The van der Waals surface area contributed by atoms with E-state index in [0.29, 0.717) is 11.2 Å². The number of amides is 1. The minimum Gasteiger partial charge on any atom is -0.324 e. The molecule has 0 fully saturated rings.